The molecular weight excluding hydrogens is 392 g/mol. The minimum Gasteiger partial charge on any atom is -0.381 e. The van der Waals surface area contributed by atoms with Gasteiger partial charge in [0.1, 0.15) is 29.4 Å². The van der Waals surface area contributed by atoms with Crippen LogP contribution in [0.2, 0.25) is 0 Å². The third-order valence-electron chi connectivity index (χ3n) is 6.15. The van der Waals surface area contributed by atoms with Gasteiger partial charge in [0, 0.05) is 50.8 Å². The number of nitrogens with one attached hydrogen (secondary N) is 3. The van der Waals surface area contributed by atoms with E-state index in [1.54, 1.807) is 6.33 Å². The standard InChI is InChI=1S/C22H30N8O/c1-14-11-30(12-15(2)28-14)19-3-6-23-18(29-19)10-25-22-20-17(16-4-7-31-8-5-16)9-24-21(20)26-13-27-22/h3,6,9,13-16,28H,4-5,7-8,10-12H2,1-2H3,(H2,24,25,26,27)/t14-,15+. The minimum atomic E-state index is 0.437. The van der Waals surface area contributed by atoms with E-state index in [0.717, 1.165) is 67.6 Å². The van der Waals surface area contributed by atoms with Crippen molar-refractivity contribution in [2.24, 2.45) is 0 Å². The number of fused-ring (bicyclic) bond motifs is 1. The van der Waals surface area contributed by atoms with Crippen LogP contribution in [0, 0.1) is 0 Å². The Morgan fingerprint density at radius 1 is 1.13 bits per heavy atom. The summed E-state index contributed by atoms with van der Waals surface area (Å²) in [6.45, 7) is 8.42. The molecule has 9 nitrogen and oxygen atoms in total. The van der Waals surface area contributed by atoms with Crippen LogP contribution in [-0.4, -0.2) is 63.3 Å². The van der Waals surface area contributed by atoms with E-state index < -0.39 is 0 Å². The van der Waals surface area contributed by atoms with E-state index in [-0.39, 0.29) is 0 Å². The van der Waals surface area contributed by atoms with Crippen molar-refractivity contribution in [3.63, 3.8) is 0 Å². The summed E-state index contributed by atoms with van der Waals surface area (Å²) in [5, 5.41) is 8.09. The van der Waals surface area contributed by atoms with Crippen molar-refractivity contribution >= 4 is 22.7 Å². The Labute approximate surface area is 182 Å². The molecule has 0 amide bonds. The molecule has 0 bridgehead atoms. The molecule has 2 saturated heterocycles. The van der Waals surface area contributed by atoms with Crippen LogP contribution in [0.4, 0.5) is 11.6 Å². The molecule has 164 valence electrons. The van der Waals surface area contributed by atoms with Gasteiger partial charge >= 0.3 is 0 Å². The molecule has 5 heterocycles. The maximum absolute atomic E-state index is 5.54. The Morgan fingerprint density at radius 2 is 1.94 bits per heavy atom. The predicted molar refractivity (Wildman–Crippen MR) is 120 cm³/mol. The Morgan fingerprint density at radius 3 is 2.74 bits per heavy atom. The van der Waals surface area contributed by atoms with Crippen LogP contribution in [-0.2, 0) is 11.3 Å². The molecule has 0 aliphatic carbocycles. The zero-order valence-electron chi connectivity index (χ0n) is 18.1. The van der Waals surface area contributed by atoms with Gasteiger partial charge in [0.15, 0.2) is 0 Å². The summed E-state index contributed by atoms with van der Waals surface area (Å²) in [4.78, 5) is 23.9. The summed E-state index contributed by atoms with van der Waals surface area (Å²) >= 11 is 0. The lowest BCUT2D eigenvalue weighted by Gasteiger charge is -2.36. The van der Waals surface area contributed by atoms with E-state index in [4.69, 9.17) is 9.72 Å². The highest BCUT2D eigenvalue weighted by atomic mass is 16.5. The van der Waals surface area contributed by atoms with Crippen LogP contribution in [0.25, 0.3) is 11.0 Å². The number of anilines is 2. The first kappa shape index (κ1) is 20.1. The molecule has 31 heavy (non-hydrogen) atoms. The molecule has 9 heteroatoms. The van der Waals surface area contributed by atoms with Gasteiger partial charge in [-0.05, 0) is 44.2 Å². The number of hydrogen-bond donors (Lipinski definition) is 3. The lowest BCUT2D eigenvalue weighted by molar-refractivity contribution is 0.0856. The first-order valence-electron chi connectivity index (χ1n) is 11.1. The summed E-state index contributed by atoms with van der Waals surface area (Å²) < 4.78 is 5.54. The third-order valence-corrected chi connectivity index (χ3v) is 6.15. The van der Waals surface area contributed by atoms with Gasteiger partial charge < -0.3 is 25.3 Å². The second-order valence-corrected chi connectivity index (χ2v) is 8.63. The molecule has 0 unspecified atom stereocenters. The monoisotopic (exact) mass is 422 g/mol. The van der Waals surface area contributed by atoms with Crippen LogP contribution < -0.4 is 15.5 Å². The number of nitrogens with zero attached hydrogens (tertiary/aromatic N) is 5. The van der Waals surface area contributed by atoms with Crippen molar-refractivity contribution < 1.29 is 4.74 Å². The minimum absolute atomic E-state index is 0.437. The highest BCUT2D eigenvalue weighted by Gasteiger charge is 2.23. The fraction of sp³-hybridized carbons (Fsp3) is 0.545. The fourth-order valence-electron chi connectivity index (χ4n) is 4.78. The second kappa shape index (κ2) is 8.76. The first-order chi connectivity index (χ1) is 15.2. The maximum atomic E-state index is 5.54. The van der Waals surface area contributed by atoms with E-state index in [1.165, 1.54) is 5.56 Å². The van der Waals surface area contributed by atoms with Gasteiger partial charge in [0.25, 0.3) is 0 Å². The molecule has 2 atom stereocenters. The van der Waals surface area contributed by atoms with Gasteiger partial charge in [-0.25, -0.2) is 19.9 Å². The van der Waals surface area contributed by atoms with E-state index in [9.17, 15) is 0 Å². The van der Waals surface area contributed by atoms with Crippen LogP contribution in [0.3, 0.4) is 0 Å². The van der Waals surface area contributed by atoms with Gasteiger partial charge in [0.05, 0.1) is 11.9 Å². The Kier molecular flexibility index (Phi) is 5.69. The maximum Gasteiger partial charge on any atom is 0.149 e. The van der Waals surface area contributed by atoms with Crippen LogP contribution >= 0.6 is 0 Å². The van der Waals surface area contributed by atoms with Crippen molar-refractivity contribution in [2.45, 2.75) is 51.2 Å². The van der Waals surface area contributed by atoms with E-state index >= 15 is 0 Å². The average Bonchev–Trinajstić information content (AvgIpc) is 3.23. The number of rotatable bonds is 5. The normalized spacial score (nSPS) is 22.7. The molecule has 2 aliphatic heterocycles. The molecular formula is C22H30N8O. The number of hydrogen-bond acceptors (Lipinski definition) is 8. The van der Waals surface area contributed by atoms with Crippen molar-refractivity contribution in [1.82, 2.24) is 30.2 Å². The SMILES string of the molecule is C[C@@H]1CN(c2ccnc(CNc3ncnc4[nH]cc(C5CCOCC5)c34)n2)C[C@H](C)N1. The van der Waals surface area contributed by atoms with Crippen LogP contribution in [0.1, 0.15) is 44.0 Å². The molecule has 3 aromatic rings. The predicted octanol–water partition coefficient (Wildman–Crippen LogP) is 2.44. The second-order valence-electron chi connectivity index (χ2n) is 8.63. The Balaban J connectivity index is 1.35. The molecule has 2 fully saturated rings. The van der Waals surface area contributed by atoms with E-state index in [0.29, 0.717) is 24.5 Å². The summed E-state index contributed by atoms with van der Waals surface area (Å²) in [5.74, 6) is 3.02. The van der Waals surface area contributed by atoms with Gasteiger partial charge in [0.2, 0.25) is 0 Å². The number of aromatic amines is 1. The fourth-order valence-corrected chi connectivity index (χ4v) is 4.78. The number of H-pyrrole nitrogens is 1. The van der Waals surface area contributed by atoms with Crippen LogP contribution in [0.15, 0.2) is 24.8 Å². The summed E-state index contributed by atoms with van der Waals surface area (Å²) in [6.07, 6.45) is 7.55. The number of ether oxygens (including phenoxy) is 1. The van der Waals surface area contributed by atoms with Crippen molar-refractivity contribution in [2.75, 3.05) is 36.5 Å². The zero-order chi connectivity index (χ0) is 21.2. The Bertz CT molecular complexity index is 1020. The van der Waals surface area contributed by atoms with E-state index in [2.05, 4.69) is 55.5 Å². The van der Waals surface area contributed by atoms with E-state index in [1.807, 2.05) is 12.3 Å². The average molecular weight is 423 g/mol. The first-order valence-corrected chi connectivity index (χ1v) is 11.1. The van der Waals surface area contributed by atoms with Gasteiger partial charge in [-0.2, -0.15) is 0 Å². The third kappa shape index (κ3) is 4.33. The molecule has 2 aliphatic rings. The lowest BCUT2D eigenvalue weighted by Crippen LogP contribution is -2.54. The molecule has 0 radical (unpaired) electrons. The largest absolute Gasteiger partial charge is 0.381 e. The van der Waals surface area contributed by atoms with Crippen LogP contribution in [0.5, 0.6) is 0 Å². The smallest absolute Gasteiger partial charge is 0.149 e. The number of aromatic nitrogens is 5. The molecule has 0 aromatic carbocycles. The highest BCUT2D eigenvalue weighted by Crippen LogP contribution is 2.34. The molecule has 3 N–H and O–H groups in total. The summed E-state index contributed by atoms with van der Waals surface area (Å²) in [7, 11) is 0. The molecule has 3 aromatic heterocycles. The molecule has 0 saturated carbocycles. The topological polar surface area (TPSA) is 104 Å². The molecule has 0 spiro atoms. The number of piperazine rings is 1. The van der Waals surface area contributed by atoms with Crippen molar-refractivity contribution in [3.8, 4) is 0 Å². The quantitative estimate of drug-likeness (QED) is 0.576. The zero-order valence-corrected chi connectivity index (χ0v) is 18.1. The van der Waals surface area contributed by atoms with Crippen molar-refractivity contribution in [1.29, 1.82) is 0 Å². The van der Waals surface area contributed by atoms with Gasteiger partial charge in [-0.3, -0.25) is 0 Å². The summed E-state index contributed by atoms with van der Waals surface area (Å²) in [5.41, 5.74) is 2.12. The highest BCUT2D eigenvalue weighted by molar-refractivity contribution is 5.90. The molecule has 5 rings (SSSR count). The van der Waals surface area contributed by atoms with Gasteiger partial charge in [-0.15, -0.1) is 0 Å². The summed E-state index contributed by atoms with van der Waals surface area (Å²) in [6, 6.07) is 2.87. The van der Waals surface area contributed by atoms with Gasteiger partial charge in [-0.1, -0.05) is 0 Å². The Hall–Kier alpha value is -2.78. The lowest BCUT2D eigenvalue weighted by atomic mass is 9.92. The van der Waals surface area contributed by atoms with Crippen molar-refractivity contribution in [3.05, 3.63) is 36.2 Å².